The van der Waals surface area contributed by atoms with Crippen LogP contribution >= 0.6 is 30.8 Å². The van der Waals surface area contributed by atoms with Gasteiger partial charge in [-0.3, -0.25) is 23.4 Å². The number of anilines is 2. The summed E-state index contributed by atoms with van der Waals surface area (Å²) < 4.78 is 62.9. The van der Waals surface area contributed by atoms with Crippen LogP contribution < -0.4 is 17.0 Å². The number of nitrogens with one attached hydrogen (secondary N) is 1. The first kappa shape index (κ1) is 29.2. The summed E-state index contributed by atoms with van der Waals surface area (Å²) in [6.45, 7) is -5.63. The lowest BCUT2D eigenvalue weighted by atomic mass is 10.1. The molecule has 6 heterocycles. The minimum absolute atomic E-state index is 0.00938. The number of aliphatic hydroxyl groups excluding tert-OH is 2. The number of imidazole rings is 1. The first-order valence-corrected chi connectivity index (χ1v) is 16.0. The van der Waals surface area contributed by atoms with Crippen LogP contribution in [0.3, 0.4) is 0 Å². The van der Waals surface area contributed by atoms with Crippen molar-refractivity contribution in [3.8, 4) is 0 Å². The first-order valence-electron chi connectivity index (χ1n) is 12.3. The number of aromatic amines is 1. The average Bonchev–Trinajstić information content (AvgIpc) is 3.69. The SMILES string of the molecule is Nc1nc2c(ncn2[C@@H]2S[C@H](CO)[C@@H](F)[C@H]2OP(=O)(S)OC[C@H]2O[C@@H](n3ccc4c(N)ncnc43)[C@@H](F)[C@@H]2O)c(=O)[nH]1. The Labute approximate surface area is 243 Å². The van der Waals surface area contributed by atoms with E-state index in [-0.39, 0.29) is 28.6 Å². The molecule has 0 saturated carbocycles. The van der Waals surface area contributed by atoms with E-state index in [1.54, 1.807) is 6.07 Å². The molecular formula is C21H24F2N9O7PS2. The number of nitrogens with zero attached hydrogens (tertiary/aromatic N) is 6. The third kappa shape index (κ3) is 5.04. The molecule has 9 atom stereocenters. The molecule has 0 aliphatic carbocycles. The van der Waals surface area contributed by atoms with Gasteiger partial charge < -0.3 is 31.0 Å². The highest BCUT2D eigenvalue weighted by Crippen LogP contribution is 2.59. The Morgan fingerprint density at radius 2 is 2.00 bits per heavy atom. The molecule has 0 amide bonds. The fourth-order valence-electron chi connectivity index (χ4n) is 4.92. The Balaban J connectivity index is 1.19. The van der Waals surface area contributed by atoms with E-state index < -0.39 is 73.1 Å². The number of alkyl halides is 2. The minimum Gasteiger partial charge on any atom is -0.395 e. The molecule has 4 aromatic rings. The molecule has 0 aromatic carbocycles. The van der Waals surface area contributed by atoms with E-state index in [2.05, 4.69) is 37.2 Å². The van der Waals surface area contributed by atoms with Crippen LogP contribution in [0.2, 0.25) is 0 Å². The highest BCUT2D eigenvalue weighted by Gasteiger charge is 2.51. The van der Waals surface area contributed by atoms with Gasteiger partial charge in [-0.25, -0.2) is 28.3 Å². The number of H-pyrrole nitrogens is 1. The Morgan fingerprint density at radius 3 is 2.76 bits per heavy atom. The quantitative estimate of drug-likeness (QED) is 0.114. The maximum Gasteiger partial charge on any atom is 0.386 e. The zero-order valence-electron chi connectivity index (χ0n) is 21.2. The van der Waals surface area contributed by atoms with Crippen molar-refractivity contribution in [3.05, 3.63) is 35.3 Å². The molecule has 1 unspecified atom stereocenters. The molecule has 0 spiro atoms. The molecular weight excluding hydrogens is 623 g/mol. The lowest BCUT2D eigenvalue weighted by molar-refractivity contribution is -0.0441. The largest absolute Gasteiger partial charge is 0.395 e. The van der Waals surface area contributed by atoms with Crippen molar-refractivity contribution in [1.82, 2.24) is 34.1 Å². The number of rotatable bonds is 8. The van der Waals surface area contributed by atoms with Crippen LogP contribution in [0.15, 0.2) is 29.7 Å². The monoisotopic (exact) mass is 647 g/mol. The van der Waals surface area contributed by atoms with Crippen LogP contribution in [0.5, 0.6) is 0 Å². The van der Waals surface area contributed by atoms with Crippen molar-refractivity contribution in [2.75, 3.05) is 24.7 Å². The highest BCUT2D eigenvalue weighted by atomic mass is 32.7. The molecule has 2 aliphatic heterocycles. The lowest BCUT2D eigenvalue weighted by Gasteiger charge is -2.25. The molecule has 16 nitrogen and oxygen atoms in total. The van der Waals surface area contributed by atoms with Gasteiger partial charge in [-0.2, -0.15) is 4.98 Å². The number of thiol groups is 1. The van der Waals surface area contributed by atoms with Gasteiger partial charge in [-0.05, 0) is 6.07 Å². The summed E-state index contributed by atoms with van der Waals surface area (Å²) in [4.78, 5) is 30.5. The Morgan fingerprint density at radius 1 is 1.21 bits per heavy atom. The van der Waals surface area contributed by atoms with Gasteiger partial charge in [0.25, 0.3) is 5.56 Å². The van der Waals surface area contributed by atoms with Gasteiger partial charge in [0.2, 0.25) is 5.95 Å². The molecule has 2 aliphatic rings. The summed E-state index contributed by atoms with van der Waals surface area (Å²) in [5, 5.41) is 18.6. The number of fused-ring (bicyclic) bond motifs is 2. The van der Waals surface area contributed by atoms with E-state index in [0.29, 0.717) is 5.39 Å². The second-order valence-corrected chi connectivity index (χ2v) is 13.8. The van der Waals surface area contributed by atoms with Gasteiger partial charge in [-0.1, -0.05) is 12.2 Å². The van der Waals surface area contributed by atoms with Crippen molar-refractivity contribution in [1.29, 1.82) is 0 Å². The summed E-state index contributed by atoms with van der Waals surface area (Å²) >= 11 is 4.89. The summed E-state index contributed by atoms with van der Waals surface area (Å²) in [5.41, 5.74) is 11.1. The smallest absolute Gasteiger partial charge is 0.386 e. The van der Waals surface area contributed by atoms with E-state index in [0.717, 1.165) is 11.8 Å². The van der Waals surface area contributed by atoms with Crippen LogP contribution in [0.25, 0.3) is 22.2 Å². The fourth-order valence-corrected chi connectivity index (χ4v) is 7.86. The number of hydrogen-bond acceptors (Lipinski definition) is 14. The molecule has 2 saturated heterocycles. The van der Waals surface area contributed by atoms with Crippen molar-refractivity contribution in [2.45, 2.75) is 47.5 Å². The molecule has 21 heteroatoms. The molecule has 4 aromatic heterocycles. The lowest BCUT2D eigenvalue weighted by Crippen LogP contribution is -2.33. The van der Waals surface area contributed by atoms with Crippen LogP contribution in [-0.2, 0) is 18.3 Å². The first-order chi connectivity index (χ1) is 20.0. The molecule has 226 valence electrons. The number of nitrogens with two attached hydrogens (primary N) is 2. The number of aromatic nitrogens is 7. The second-order valence-electron chi connectivity index (χ2n) is 9.52. The Hall–Kier alpha value is -2.84. The summed E-state index contributed by atoms with van der Waals surface area (Å²) in [5.74, 6) is -0.0367. The standard InChI is InChI=1S/C21H24F2N9O7PS2/c22-10-9(3-33)42-20(32-6-28-12-17(32)29-21(25)30-18(12)35)14(10)39-40(36,41)37-4-8-13(34)11(23)19(38-8)31-2-1-7-15(24)26-5-27-16(7)31/h1-2,5-6,8-11,13-14,19-20,33-34H,3-4H2,(H,36,41)(H2,24,26,27)(H3,25,29,30,35)/t8-,9-,10-,11+,13-,14-,19-,20-,40?/m1/s1. The van der Waals surface area contributed by atoms with Crippen LogP contribution in [0, 0.1) is 0 Å². The van der Waals surface area contributed by atoms with E-state index in [1.807, 2.05) is 0 Å². The van der Waals surface area contributed by atoms with Gasteiger partial charge in [-0.15, -0.1) is 11.8 Å². The molecule has 0 bridgehead atoms. The Kier molecular flexibility index (Phi) is 7.67. The van der Waals surface area contributed by atoms with Crippen molar-refractivity contribution in [2.24, 2.45) is 0 Å². The predicted molar refractivity (Wildman–Crippen MR) is 149 cm³/mol. The molecule has 6 rings (SSSR count). The number of nitrogen functional groups attached to an aromatic ring is 2. The van der Waals surface area contributed by atoms with Gasteiger partial charge >= 0.3 is 6.80 Å². The van der Waals surface area contributed by atoms with Gasteiger partial charge in [0.05, 0.1) is 30.2 Å². The Bertz CT molecular complexity index is 1740. The summed E-state index contributed by atoms with van der Waals surface area (Å²) in [6.07, 6.45) is -5.78. The molecule has 42 heavy (non-hydrogen) atoms. The maximum absolute atomic E-state index is 15.4. The zero-order valence-corrected chi connectivity index (χ0v) is 23.8. The van der Waals surface area contributed by atoms with Crippen molar-refractivity contribution in [3.63, 3.8) is 0 Å². The number of ether oxygens (including phenoxy) is 1. The number of thioether (sulfide) groups is 1. The number of hydrogen-bond donors (Lipinski definition) is 6. The zero-order chi connectivity index (χ0) is 29.9. The second kappa shape index (κ2) is 11.0. The van der Waals surface area contributed by atoms with E-state index in [4.69, 9.17) is 25.3 Å². The number of halogens is 2. The van der Waals surface area contributed by atoms with E-state index in [9.17, 15) is 19.6 Å². The third-order valence-corrected chi connectivity index (χ3v) is 10.1. The van der Waals surface area contributed by atoms with Gasteiger partial charge in [0, 0.05) is 6.20 Å². The maximum atomic E-state index is 15.4. The predicted octanol–water partition coefficient (Wildman–Crippen LogP) is 0.709. The summed E-state index contributed by atoms with van der Waals surface area (Å²) in [6, 6.07) is 1.57. The van der Waals surface area contributed by atoms with Crippen LogP contribution in [-0.4, -0.2) is 93.4 Å². The number of aliphatic hydroxyl groups is 2. The van der Waals surface area contributed by atoms with Crippen LogP contribution in [0.4, 0.5) is 20.5 Å². The molecule has 2 fully saturated rings. The van der Waals surface area contributed by atoms with Crippen molar-refractivity contribution < 1.29 is 37.3 Å². The van der Waals surface area contributed by atoms with E-state index >= 15 is 8.78 Å². The molecule has 7 N–H and O–H groups in total. The van der Waals surface area contributed by atoms with E-state index in [1.165, 1.54) is 28.0 Å². The van der Waals surface area contributed by atoms with Crippen molar-refractivity contribution >= 4 is 64.8 Å². The topological polar surface area (TPSA) is 232 Å². The summed E-state index contributed by atoms with van der Waals surface area (Å²) in [7, 11) is 0. The normalized spacial score (nSPS) is 31.3. The van der Waals surface area contributed by atoms with Gasteiger partial charge in [0.1, 0.15) is 47.6 Å². The molecule has 0 radical (unpaired) electrons. The third-order valence-electron chi connectivity index (χ3n) is 6.93. The van der Waals surface area contributed by atoms with Gasteiger partial charge in [0.15, 0.2) is 23.6 Å². The average molecular weight is 648 g/mol. The highest BCUT2D eigenvalue weighted by molar-refractivity contribution is 8.44. The van der Waals surface area contributed by atoms with Crippen LogP contribution in [0.1, 0.15) is 11.6 Å². The minimum atomic E-state index is -4.40. The fraction of sp³-hybridized carbons (Fsp3) is 0.476.